The van der Waals surface area contributed by atoms with Crippen LogP contribution in [-0.2, 0) is 4.79 Å². The van der Waals surface area contributed by atoms with Crippen molar-refractivity contribution in [1.82, 2.24) is 5.32 Å². The Labute approximate surface area is 60.0 Å². The molecule has 10 heavy (non-hydrogen) atoms. The number of nitrogens with one attached hydrogen (secondary N) is 1. The van der Waals surface area contributed by atoms with Gasteiger partial charge in [-0.25, -0.2) is 0 Å². The molecule has 2 aliphatic rings. The minimum Gasteiger partial charge on any atom is -0.368 e. The first-order valence-electron chi connectivity index (χ1n) is 3.83. The molecule has 2 rings (SSSR count). The SMILES string of the molecule is NC(=O)[C@H]1N[C@H]2CC[C@@H]1C2. The van der Waals surface area contributed by atoms with Crippen LogP contribution in [0.4, 0.5) is 0 Å². The Morgan fingerprint density at radius 3 is 2.60 bits per heavy atom. The zero-order chi connectivity index (χ0) is 7.14. The van der Waals surface area contributed by atoms with Crippen LogP contribution in [0.3, 0.4) is 0 Å². The van der Waals surface area contributed by atoms with Gasteiger partial charge in [-0.3, -0.25) is 4.79 Å². The Morgan fingerprint density at radius 1 is 1.50 bits per heavy atom. The van der Waals surface area contributed by atoms with Crippen molar-refractivity contribution in [2.45, 2.75) is 31.3 Å². The minimum absolute atomic E-state index is 0.0150. The molecule has 0 spiro atoms. The maximum absolute atomic E-state index is 10.8. The molecule has 3 atom stereocenters. The summed E-state index contributed by atoms with van der Waals surface area (Å²) in [6.07, 6.45) is 3.58. The van der Waals surface area contributed by atoms with Gasteiger partial charge in [-0.1, -0.05) is 0 Å². The van der Waals surface area contributed by atoms with Crippen LogP contribution < -0.4 is 11.1 Å². The number of hydrogen-bond donors (Lipinski definition) is 2. The zero-order valence-electron chi connectivity index (χ0n) is 5.84. The normalized spacial score (nSPS) is 44.2. The highest BCUT2D eigenvalue weighted by Crippen LogP contribution is 2.34. The van der Waals surface area contributed by atoms with Crippen LogP contribution in [0.2, 0.25) is 0 Å². The monoisotopic (exact) mass is 140 g/mol. The van der Waals surface area contributed by atoms with Gasteiger partial charge < -0.3 is 11.1 Å². The van der Waals surface area contributed by atoms with Gasteiger partial charge in [0.15, 0.2) is 0 Å². The van der Waals surface area contributed by atoms with Crippen LogP contribution in [0.25, 0.3) is 0 Å². The Balaban J connectivity index is 2.08. The van der Waals surface area contributed by atoms with E-state index < -0.39 is 0 Å². The Morgan fingerprint density at radius 2 is 2.30 bits per heavy atom. The fraction of sp³-hybridized carbons (Fsp3) is 0.857. The van der Waals surface area contributed by atoms with E-state index in [4.69, 9.17) is 5.73 Å². The topological polar surface area (TPSA) is 55.1 Å². The number of carbonyl (C=O) groups is 1. The lowest BCUT2D eigenvalue weighted by molar-refractivity contribution is -0.120. The fourth-order valence-electron chi connectivity index (χ4n) is 2.17. The summed E-state index contributed by atoms with van der Waals surface area (Å²) in [6.45, 7) is 0. The number of primary amides is 1. The summed E-state index contributed by atoms with van der Waals surface area (Å²) in [5.41, 5.74) is 5.18. The maximum atomic E-state index is 10.8. The highest BCUT2D eigenvalue weighted by molar-refractivity contribution is 5.80. The van der Waals surface area contributed by atoms with E-state index in [0.717, 1.165) is 6.42 Å². The third-order valence-corrected chi connectivity index (χ3v) is 2.67. The number of piperidine rings is 1. The molecule has 0 aromatic heterocycles. The molecule has 1 saturated heterocycles. The minimum atomic E-state index is -0.174. The average Bonchev–Trinajstić information content (AvgIpc) is 2.44. The molecule has 0 aromatic carbocycles. The van der Waals surface area contributed by atoms with Gasteiger partial charge in [0.05, 0.1) is 6.04 Å². The van der Waals surface area contributed by atoms with E-state index in [1.54, 1.807) is 0 Å². The molecule has 0 radical (unpaired) electrons. The zero-order valence-corrected chi connectivity index (χ0v) is 5.84. The number of nitrogens with two attached hydrogens (primary N) is 1. The quantitative estimate of drug-likeness (QED) is 0.521. The molecule has 3 N–H and O–H groups in total. The summed E-state index contributed by atoms with van der Waals surface area (Å²) >= 11 is 0. The first kappa shape index (κ1) is 6.16. The molecule has 3 nitrogen and oxygen atoms in total. The van der Waals surface area contributed by atoms with Crippen LogP contribution in [0.1, 0.15) is 19.3 Å². The van der Waals surface area contributed by atoms with Crippen molar-refractivity contribution < 1.29 is 4.79 Å². The van der Waals surface area contributed by atoms with E-state index in [9.17, 15) is 4.79 Å². The summed E-state index contributed by atoms with van der Waals surface area (Å²) in [4.78, 5) is 10.8. The predicted molar refractivity (Wildman–Crippen MR) is 37.2 cm³/mol. The van der Waals surface area contributed by atoms with Crippen molar-refractivity contribution in [2.75, 3.05) is 0 Å². The highest BCUT2D eigenvalue weighted by atomic mass is 16.1. The maximum Gasteiger partial charge on any atom is 0.234 e. The van der Waals surface area contributed by atoms with Gasteiger partial charge in [0, 0.05) is 6.04 Å². The van der Waals surface area contributed by atoms with Crippen LogP contribution >= 0.6 is 0 Å². The number of amides is 1. The van der Waals surface area contributed by atoms with Gasteiger partial charge in [-0.15, -0.1) is 0 Å². The summed E-state index contributed by atoms with van der Waals surface area (Å²) in [6, 6.07) is 0.571. The van der Waals surface area contributed by atoms with Crippen molar-refractivity contribution >= 4 is 5.91 Å². The van der Waals surface area contributed by atoms with Crippen molar-refractivity contribution in [3.8, 4) is 0 Å². The van der Waals surface area contributed by atoms with E-state index in [1.165, 1.54) is 12.8 Å². The second-order valence-corrected chi connectivity index (χ2v) is 3.32. The Bertz CT molecular complexity index is 169. The van der Waals surface area contributed by atoms with Crippen molar-refractivity contribution in [3.05, 3.63) is 0 Å². The van der Waals surface area contributed by atoms with Crippen LogP contribution in [0, 0.1) is 5.92 Å². The van der Waals surface area contributed by atoms with Crippen molar-refractivity contribution in [1.29, 1.82) is 0 Å². The van der Waals surface area contributed by atoms with Gasteiger partial charge in [0.1, 0.15) is 0 Å². The predicted octanol–water partition coefficient (Wildman–Crippen LogP) is -0.388. The number of hydrogen-bond acceptors (Lipinski definition) is 2. The molecule has 2 fully saturated rings. The smallest absolute Gasteiger partial charge is 0.234 e. The Hall–Kier alpha value is -0.570. The molecular formula is C7H12N2O. The highest BCUT2D eigenvalue weighted by Gasteiger charge is 2.41. The molecule has 3 heteroatoms. The van der Waals surface area contributed by atoms with Crippen LogP contribution in [-0.4, -0.2) is 18.0 Å². The Kier molecular flexibility index (Phi) is 1.20. The van der Waals surface area contributed by atoms with Gasteiger partial charge in [0.25, 0.3) is 0 Å². The second-order valence-electron chi connectivity index (χ2n) is 3.32. The summed E-state index contributed by atoms with van der Waals surface area (Å²) in [5, 5.41) is 3.22. The molecule has 1 amide bonds. The molecular weight excluding hydrogens is 128 g/mol. The van der Waals surface area contributed by atoms with E-state index in [2.05, 4.69) is 5.32 Å². The third-order valence-electron chi connectivity index (χ3n) is 2.67. The lowest BCUT2D eigenvalue weighted by Gasteiger charge is -2.19. The van der Waals surface area contributed by atoms with Gasteiger partial charge >= 0.3 is 0 Å². The van der Waals surface area contributed by atoms with E-state index in [1.807, 2.05) is 0 Å². The van der Waals surface area contributed by atoms with E-state index in [-0.39, 0.29) is 11.9 Å². The lowest BCUT2D eigenvalue weighted by atomic mass is 10.00. The number of rotatable bonds is 1. The number of carbonyl (C=O) groups excluding carboxylic acids is 1. The van der Waals surface area contributed by atoms with Gasteiger partial charge in [0.2, 0.25) is 5.91 Å². The third kappa shape index (κ3) is 0.736. The average molecular weight is 140 g/mol. The molecule has 0 unspecified atom stereocenters. The van der Waals surface area contributed by atoms with Crippen molar-refractivity contribution in [2.24, 2.45) is 11.7 Å². The van der Waals surface area contributed by atoms with Crippen LogP contribution in [0.5, 0.6) is 0 Å². The summed E-state index contributed by atoms with van der Waals surface area (Å²) in [7, 11) is 0. The standard InChI is InChI=1S/C7H12N2O/c8-7(10)6-4-1-2-5(3-4)9-6/h4-6,9H,1-3H2,(H2,8,10)/t4-,5+,6+/m1/s1. The molecule has 1 aliphatic heterocycles. The van der Waals surface area contributed by atoms with Crippen molar-refractivity contribution in [3.63, 3.8) is 0 Å². The molecule has 0 aromatic rings. The number of fused-ring (bicyclic) bond motifs is 2. The van der Waals surface area contributed by atoms with E-state index in [0.29, 0.717) is 12.0 Å². The molecule has 1 saturated carbocycles. The first-order chi connectivity index (χ1) is 4.77. The van der Waals surface area contributed by atoms with Gasteiger partial charge in [-0.2, -0.15) is 0 Å². The summed E-state index contributed by atoms with van der Waals surface area (Å²) < 4.78 is 0. The lowest BCUT2D eigenvalue weighted by Crippen LogP contribution is -2.45. The van der Waals surface area contributed by atoms with E-state index >= 15 is 0 Å². The molecule has 2 bridgehead atoms. The fourth-order valence-corrected chi connectivity index (χ4v) is 2.17. The molecule has 1 aliphatic carbocycles. The molecule has 56 valence electrons. The summed E-state index contributed by atoms with van der Waals surface area (Å²) in [5.74, 6) is 0.370. The van der Waals surface area contributed by atoms with Crippen LogP contribution in [0.15, 0.2) is 0 Å². The first-order valence-corrected chi connectivity index (χ1v) is 3.83. The molecule has 1 heterocycles. The second kappa shape index (κ2) is 1.95. The van der Waals surface area contributed by atoms with Gasteiger partial charge in [-0.05, 0) is 25.2 Å². The largest absolute Gasteiger partial charge is 0.368 e.